The van der Waals surface area contributed by atoms with Crippen molar-refractivity contribution in [1.82, 2.24) is 5.43 Å². The van der Waals surface area contributed by atoms with Crippen LogP contribution in [0.2, 0.25) is 5.02 Å². The van der Waals surface area contributed by atoms with E-state index in [0.717, 1.165) is 5.56 Å². The number of para-hydroxylation sites is 1. The lowest BCUT2D eigenvalue weighted by Crippen LogP contribution is -2.24. The topological polar surface area (TPSA) is 69.2 Å². The molecule has 2 rings (SSSR count). The Morgan fingerprint density at radius 3 is 2.68 bits per heavy atom. The summed E-state index contributed by atoms with van der Waals surface area (Å²) in [6.07, 6.45) is 1.51. The van der Waals surface area contributed by atoms with Crippen LogP contribution >= 0.6 is 11.6 Å². The molecule has 25 heavy (non-hydrogen) atoms. The third-order valence-electron chi connectivity index (χ3n) is 3.09. The summed E-state index contributed by atoms with van der Waals surface area (Å²) in [7, 11) is 1.57. The predicted molar refractivity (Wildman–Crippen MR) is 96.8 cm³/mol. The van der Waals surface area contributed by atoms with Crippen molar-refractivity contribution in [2.45, 2.75) is 6.92 Å². The maximum atomic E-state index is 11.8. The van der Waals surface area contributed by atoms with E-state index in [1.807, 2.05) is 6.92 Å². The molecular formula is C18H19ClN2O4. The van der Waals surface area contributed by atoms with Gasteiger partial charge < -0.3 is 14.2 Å². The number of rotatable bonds is 8. The molecule has 0 saturated carbocycles. The van der Waals surface area contributed by atoms with Crippen molar-refractivity contribution in [3.63, 3.8) is 0 Å². The summed E-state index contributed by atoms with van der Waals surface area (Å²) in [6.45, 7) is 2.22. The second-order valence-electron chi connectivity index (χ2n) is 4.86. The average molecular weight is 363 g/mol. The van der Waals surface area contributed by atoms with Crippen LogP contribution in [-0.2, 0) is 4.79 Å². The molecule has 0 aromatic heterocycles. The Bertz CT molecular complexity index is 750. The fraction of sp³-hybridized carbons (Fsp3) is 0.222. The first-order chi connectivity index (χ1) is 12.1. The van der Waals surface area contributed by atoms with Gasteiger partial charge in [0.1, 0.15) is 5.75 Å². The molecule has 1 N–H and O–H groups in total. The van der Waals surface area contributed by atoms with Crippen molar-refractivity contribution in [2.75, 3.05) is 20.3 Å². The normalized spacial score (nSPS) is 10.5. The van der Waals surface area contributed by atoms with E-state index in [1.54, 1.807) is 49.6 Å². The average Bonchev–Trinajstić information content (AvgIpc) is 2.61. The summed E-state index contributed by atoms with van der Waals surface area (Å²) < 4.78 is 16.0. The van der Waals surface area contributed by atoms with Gasteiger partial charge in [0.15, 0.2) is 18.1 Å². The third-order valence-corrected chi connectivity index (χ3v) is 3.40. The minimum absolute atomic E-state index is 0.187. The summed E-state index contributed by atoms with van der Waals surface area (Å²) >= 11 is 5.95. The Labute approximate surface area is 151 Å². The Kier molecular flexibility index (Phi) is 7.10. The fourth-order valence-electron chi connectivity index (χ4n) is 1.96. The number of carbonyl (C=O) groups is 1. The quantitative estimate of drug-likeness (QED) is 0.578. The summed E-state index contributed by atoms with van der Waals surface area (Å²) in [6, 6.07) is 12.3. The highest BCUT2D eigenvalue weighted by Crippen LogP contribution is 2.27. The lowest BCUT2D eigenvalue weighted by Gasteiger charge is -2.09. The molecule has 0 aliphatic rings. The van der Waals surface area contributed by atoms with Gasteiger partial charge in [-0.05, 0) is 42.8 Å². The van der Waals surface area contributed by atoms with E-state index < -0.39 is 5.91 Å². The molecule has 2 aromatic carbocycles. The molecule has 132 valence electrons. The second-order valence-corrected chi connectivity index (χ2v) is 5.26. The van der Waals surface area contributed by atoms with Crippen molar-refractivity contribution in [3.8, 4) is 17.2 Å². The number of hydrazone groups is 1. The number of nitrogens with zero attached hydrogens (tertiary/aromatic N) is 1. The number of methoxy groups -OCH3 is 1. The fourth-order valence-corrected chi connectivity index (χ4v) is 2.15. The first kappa shape index (κ1) is 18.6. The van der Waals surface area contributed by atoms with Crippen molar-refractivity contribution in [1.29, 1.82) is 0 Å². The molecule has 0 heterocycles. The molecular weight excluding hydrogens is 344 g/mol. The Morgan fingerprint density at radius 1 is 1.16 bits per heavy atom. The van der Waals surface area contributed by atoms with Crippen LogP contribution in [0.25, 0.3) is 0 Å². The van der Waals surface area contributed by atoms with Gasteiger partial charge in [-0.15, -0.1) is 0 Å². The maximum absolute atomic E-state index is 11.8. The van der Waals surface area contributed by atoms with Crippen LogP contribution in [0.5, 0.6) is 17.2 Å². The molecule has 0 spiro atoms. The monoisotopic (exact) mass is 362 g/mol. The first-order valence-corrected chi connectivity index (χ1v) is 8.02. The molecule has 2 aromatic rings. The SMILES string of the molecule is CCOc1cc(/C=N\NC(=O)COc2ccccc2Cl)ccc1OC. The standard InChI is InChI=1S/C18H19ClN2O4/c1-3-24-17-10-13(8-9-16(17)23-2)11-20-21-18(22)12-25-15-7-5-4-6-14(15)19/h4-11H,3,12H2,1-2H3,(H,21,22)/b20-11-. The molecule has 0 saturated heterocycles. The van der Waals surface area contributed by atoms with Crippen LogP contribution in [0, 0.1) is 0 Å². The number of hydrogen-bond donors (Lipinski definition) is 1. The van der Waals surface area contributed by atoms with E-state index >= 15 is 0 Å². The summed E-state index contributed by atoms with van der Waals surface area (Å²) in [5.41, 5.74) is 3.15. The predicted octanol–water partition coefficient (Wildman–Crippen LogP) is 3.28. The van der Waals surface area contributed by atoms with Gasteiger partial charge in [0.05, 0.1) is 25.0 Å². The molecule has 0 atom stereocenters. The van der Waals surface area contributed by atoms with Crippen LogP contribution in [0.3, 0.4) is 0 Å². The summed E-state index contributed by atoms with van der Waals surface area (Å²) in [5, 5.41) is 4.34. The minimum Gasteiger partial charge on any atom is -0.493 e. The first-order valence-electron chi connectivity index (χ1n) is 7.64. The van der Waals surface area contributed by atoms with Crippen LogP contribution in [0.1, 0.15) is 12.5 Å². The highest BCUT2D eigenvalue weighted by molar-refractivity contribution is 6.32. The molecule has 1 amide bonds. The Balaban J connectivity index is 1.88. The lowest BCUT2D eigenvalue weighted by molar-refractivity contribution is -0.123. The molecule has 0 aliphatic carbocycles. The van der Waals surface area contributed by atoms with Crippen molar-refractivity contribution >= 4 is 23.7 Å². The highest BCUT2D eigenvalue weighted by atomic mass is 35.5. The Morgan fingerprint density at radius 2 is 1.96 bits per heavy atom. The van der Waals surface area contributed by atoms with Gasteiger partial charge in [-0.25, -0.2) is 5.43 Å². The van der Waals surface area contributed by atoms with E-state index in [2.05, 4.69) is 10.5 Å². The molecule has 0 bridgehead atoms. The van der Waals surface area contributed by atoms with Gasteiger partial charge in [-0.3, -0.25) is 4.79 Å². The molecule has 0 unspecified atom stereocenters. The highest BCUT2D eigenvalue weighted by Gasteiger charge is 2.06. The lowest BCUT2D eigenvalue weighted by atomic mass is 10.2. The number of benzene rings is 2. The van der Waals surface area contributed by atoms with Crippen molar-refractivity contribution in [2.24, 2.45) is 5.10 Å². The van der Waals surface area contributed by atoms with Gasteiger partial charge in [0, 0.05) is 0 Å². The third kappa shape index (κ3) is 5.69. The zero-order valence-corrected chi connectivity index (χ0v) is 14.7. The van der Waals surface area contributed by atoms with Crippen LogP contribution in [-0.4, -0.2) is 32.4 Å². The number of ether oxygens (including phenoxy) is 3. The number of amides is 1. The van der Waals surface area contributed by atoms with E-state index in [9.17, 15) is 4.79 Å². The van der Waals surface area contributed by atoms with Gasteiger partial charge >= 0.3 is 0 Å². The largest absolute Gasteiger partial charge is 0.493 e. The van der Waals surface area contributed by atoms with E-state index in [0.29, 0.717) is 28.9 Å². The van der Waals surface area contributed by atoms with E-state index in [4.69, 9.17) is 25.8 Å². The number of carbonyl (C=O) groups excluding carboxylic acids is 1. The number of nitrogens with one attached hydrogen (secondary N) is 1. The van der Waals surface area contributed by atoms with Crippen LogP contribution in [0.4, 0.5) is 0 Å². The Hall–Kier alpha value is -2.73. The zero-order chi connectivity index (χ0) is 18.1. The van der Waals surface area contributed by atoms with Crippen LogP contribution < -0.4 is 19.6 Å². The van der Waals surface area contributed by atoms with Gasteiger partial charge in [0.25, 0.3) is 5.91 Å². The summed E-state index contributed by atoms with van der Waals surface area (Å²) in [4.78, 5) is 11.8. The van der Waals surface area contributed by atoms with Gasteiger partial charge in [-0.2, -0.15) is 5.10 Å². The number of hydrogen-bond acceptors (Lipinski definition) is 5. The zero-order valence-electron chi connectivity index (χ0n) is 14.0. The molecule has 0 fully saturated rings. The smallest absolute Gasteiger partial charge is 0.277 e. The minimum atomic E-state index is -0.394. The molecule has 6 nitrogen and oxygen atoms in total. The molecule has 0 aliphatic heterocycles. The van der Waals surface area contributed by atoms with Crippen molar-refractivity contribution in [3.05, 3.63) is 53.1 Å². The van der Waals surface area contributed by atoms with E-state index in [1.165, 1.54) is 6.21 Å². The van der Waals surface area contributed by atoms with Crippen molar-refractivity contribution < 1.29 is 19.0 Å². The van der Waals surface area contributed by atoms with Gasteiger partial charge in [-0.1, -0.05) is 23.7 Å². The van der Waals surface area contributed by atoms with E-state index in [-0.39, 0.29) is 6.61 Å². The molecule has 0 radical (unpaired) electrons. The summed E-state index contributed by atoms with van der Waals surface area (Å²) in [5.74, 6) is 1.30. The molecule has 7 heteroatoms. The number of halogens is 1. The maximum Gasteiger partial charge on any atom is 0.277 e. The second kappa shape index (κ2) is 9.54. The van der Waals surface area contributed by atoms with Crippen LogP contribution in [0.15, 0.2) is 47.6 Å². The van der Waals surface area contributed by atoms with Gasteiger partial charge in [0.2, 0.25) is 0 Å².